The van der Waals surface area contributed by atoms with Crippen LogP contribution in [0, 0.1) is 0 Å². The van der Waals surface area contributed by atoms with Crippen molar-refractivity contribution in [3.05, 3.63) is 34.4 Å². The van der Waals surface area contributed by atoms with Crippen LogP contribution < -0.4 is 5.32 Å². The van der Waals surface area contributed by atoms with E-state index in [0.29, 0.717) is 5.56 Å². The van der Waals surface area contributed by atoms with Crippen LogP contribution in [0.15, 0.2) is 12.1 Å². The Morgan fingerprint density at radius 1 is 1.35 bits per heavy atom. The molecule has 1 heterocycles. The van der Waals surface area contributed by atoms with Gasteiger partial charge in [-0.3, -0.25) is 0 Å². The quantitative estimate of drug-likeness (QED) is 0.782. The zero-order chi connectivity index (χ0) is 12.6. The highest BCUT2D eigenvalue weighted by Gasteiger charge is 2.22. The Bertz CT molecular complexity index is 458. The summed E-state index contributed by atoms with van der Waals surface area (Å²) in [6.07, 6.45) is 0.807. The number of nitrogens with one attached hydrogen (secondary N) is 1. The van der Waals surface area contributed by atoms with E-state index in [1.54, 1.807) is 0 Å². The summed E-state index contributed by atoms with van der Waals surface area (Å²) in [5, 5.41) is 12.6. The molecule has 0 saturated heterocycles. The molecule has 0 fully saturated rings. The molecule has 1 aliphatic rings. The number of fused-ring (bicyclic) bond motifs is 1. The molecule has 0 amide bonds. The number of benzene rings is 1. The van der Waals surface area contributed by atoms with Crippen molar-refractivity contribution in [1.82, 2.24) is 5.32 Å². The molecule has 0 aliphatic carbocycles. The molecule has 2 rings (SSSR count). The molecule has 17 heavy (non-hydrogen) atoms. The smallest absolute Gasteiger partial charge is 0.335 e. The third kappa shape index (κ3) is 2.34. The molecule has 1 aromatic carbocycles. The molecule has 92 valence electrons. The summed E-state index contributed by atoms with van der Waals surface area (Å²) in [5.41, 5.74) is 3.70. The van der Waals surface area contributed by atoms with Crippen LogP contribution in [0.5, 0.6) is 0 Å². The van der Waals surface area contributed by atoms with E-state index in [1.807, 2.05) is 6.07 Å². The van der Waals surface area contributed by atoms with Gasteiger partial charge in [-0.1, -0.05) is 26.8 Å². The lowest BCUT2D eigenvalue weighted by Gasteiger charge is -2.25. The minimum atomic E-state index is -0.811. The SMILES string of the molecule is CC(C)(C)c1cc2c(c(C(=O)O)c1)CCNC2. The Morgan fingerprint density at radius 2 is 2.06 bits per heavy atom. The lowest BCUT2D eigenvalue weighted by Crippen LogP contribution is -2.27. The molecule has 1 aromatic rings. The van der Waals surface area contributed by atoms with Crippen LogP contribution in [-0.2, 0) is 18.4 Å². The Morgan fingerprint density at radius 3 is 2.65 bits per heavy atom. The van der Waals surface area contributed by atoms with Crippen molar-refractivity contribution < 1.29 is 9.90 Å². The Labute approximate surface area is 102 Å². The number of carbonyl (C=O) groups is 1. The molecule has 3 nitrogen and oxygen atoms in total. The van der Waals surface area contributed by atoms with Crippen molar-refractivity contribution in [2.24, 2.45) is 0 Å². The van der Waals surface area contributed by atoms with E-state index >= 15 is 0 Å². The number of hydrogen-bond donors (Lipinski definition) is 2. The first-order valence-electron chi connectivity index (χ1n) is 6.00. The van der Waals surface area contributed by atoms with Gasteiger partial charge in [-0.25, -0.2) is 4.79 Å². The summed E-state index contributed by atoms with van der Waals surface area (Å²) in [5.74, 6) is -0.811. The van der Waals surface area contributed by atoms with Gasteiger partial charge in [0.2, 0.25) is 0 Å². The molecule has 2 N–H and O–H groups in total. The molecule has 0 aromatic heterocycles. The summed E-state index contributed by atoms with van der Waals surface area (Å²) in [7, 11) is 0. The average Bonchev–Trinajstić information content (AvgIpc) is 2.26. The van der Waals surface area contributed by atoms with Crippen molar-refractivity contribution >= 4 is 5.97 Å². The molecular formula is C14H19NO2. The van der Waals surface area contributed by atoms with Crippen LogP contribution in [0.3, 0.4) is 0 Å². The van der Waals surface area contributed by atoms with E-state index in [0.717, 1.165) is 36.2 Å². The second-order valence-electron chi connectivity index (χ2n) is 5.64. The summed E-state index contributed by atoms with van der Waals surface area (Å²) in [4.78, 5) is 11.3. The van der Waals surface area contributed by atoms with E-state index in [4.69, 9.17) is 0 Å². The third-order valence-corrected chi connectivity index (χ3v) is 3.31. The van der Waals surface area contributed by atoms with Crippen LogP contribution in [0.4, 0.5) is 0 Å². The zero-order valence-electron chi connectivity index (χ0n) is 10.6. The molecule has 0 spiro atoms. The van der Waals surface area contributed by atoms with Gasteiger partial charge in [-0.2, -0.15) is 0 Å². The first-order chi connectivity index (χ1) is 7.89. The number of hydrogen-bond acceptors (Lipinski definition) is 2. The molecule has 0 atom stereocenters. The molecule has 0 radical (unpaired) electrons. The fourth-order valence-corrected chi connectivity index (χ4v) is 2.25. The molecule has 3 heteroatoms. The average molecular weight is 233 g/mol. The molecule has 0 unspecified atom stereocenters. The first kappa shape index (κ1) is 12.1. The lowest BCUT2D eigenvalue weighted by atomic mass is 9.82. The maximum Gasteiger partial charge on any atom is 0.335 e. The molecule has 0 bridgehead atoms. The number of rotatable bonds is 1. The highest BCUT2D eigenvalue weighted by atomic mass is 16.4. The fraction of sp³-hybridized carbons (Fsp3) is 0.500. The predicted molar refractivity (Wildman–Crippen MR) is 67.5 cm³/mol. The molecule has 0 saturated carbocycles. The van der Waals surface area contributed by atoms with E-state index in [-0.39, 0.29) is 5.41 Å². The number of aromatic carboxylic acids is 1. The van der Waals surface area contributed by atoms with Crippen LogP contribution in [-0.4, -0.2) is 17.6 Å². The van der Waals surface area contributed by atoms with Crippen molar-refractivity contribution in [3.63, 3.8) is 0 Å². The fourth-order valence-electron chi connectivity index (χ4n) is 2.25. The van der Waals surface area contributed by atoms with E-state index in [2.05, 4.69) is 32.2 Å². The monoisotopic (exact) mass is 233 g/mol. The van der Waals surface area contributed by atoms with Gasteiger partial charge >= 0.3 is 5.97 Å². The third-order valence-electron chi connectivity index (χ3n) is 3.31. The minimum absolute atomic E-state index is 0.0172. The summed E-state index contributed by atoms with van der Waals surface area (Å²) in [6.45, 7) is 7.96. The molecule has 1 aliphatic heterocycles. The second-order valence-corrected chi connectivity index (χ2v) is 5.64. The van der Waals surface area contributed by atoms with Crippen molar-refractivity contribution in [2.45, 2.75) is 39.2 Å². The predicted octanol–water partition coefficient (Wildman–Crippen LogP) is 2.33. The van der Waals surface area contributed by atoms with E-state index in [1.165, 1.54) is 0 Å². The largest absolute Gasteiger partial charge is 0.478 e. The van der Waals surface area contributed by atoms with Crippen molar-refractivity contribution in [2.75, 3.05) is 6.54 Å². The summed E-state index contributed by atoms with van der Waals surface area (Å²) in [6, 6.07) is 3.99. The normalized spacial score (nSPS) is 15.5. The minimum Gasteiger partial charge on any atom is -0.478 e. The van der Waals surface area contributed by atoms with Crippen molar-refractivity contribution in [1.29, 1.82) is 0 Å². The van der Waals surface area contributed by atoms with Gasteiger partial charge in [0.1, 0.15) is 0 Å². The zero-order valence-corrected chi connectivity index (χ0v) is 10.6. The van der Waals surface area contributed by atoms with Gasteiger partial charge in [0.15, 0.2) is 0 Å². The van der Waals surface area contributed by atoms with Gasteiger partial charge in [-0.05, 0) is 41.1 Å². The van der Waals surface area contributed by atoms with Gasteiger partial charge in [0, 0.05) is 6.54 Å². The second kappa shape index (κ2) is 4.15. The summed E-state index contributed by atoms with van der Waals surface area (Å²) < 4.78 is 0. The topological polar surface area (TPSA) is 49.3 Å². The highest BCUT2D eigenvalue weighted by molar-refractivity contribution is 5.90. The van der Waals surface area contributed by atoms with Crippen LogP contribution >= 0.6 is 0 Å². The van der Waals surface area contributed by atoms with Gasteiger partial charge in [0.05, 0.1) is 5.56 Å². The maximum absolute atomic E-state index is 11.3. The van der Waals surface area contributed by atoms with E-state index < -0.39 is 5.97 Å². The highest BCUT2D eigenvalue weighted by Crippen LogP contribution is 2.28. The molecular weight excluding hydrogens is 214 g/mol. The van der Waals surface area contributed by atoms with Crippen LogP contribution in [0.25, 0.3) is 0 Å². The Balaban J connectivity index is 2.60. The Hall–Kier alpha value is -1.35. The van der Waals surface area contributed by atoms with Crippen molar-refractivity contribution in [3.8, 4) is 0 Å². The van der Waals surface area contributed by atoms with Crippen LogP contribution in [0.1, 0.15) is 47.8 Å². The number of carboxylic acid groups (broad SMARTS) is 1. The van der Waals surface area contributed by atoms with E-state index in [9.17, 15) is 9.90 Å². The summed E-state index contributed by atoms with van der Waals surface area (Å²) >= 11 is 0. The van der Waals surface area contributed by atoms with Gasteiger partial charge in [-0.15, -0.1) is 0 Å². The lowest BCUT2D eigenvalue weighted by molar-refractivity contribution is 0.0695. The van der Waals surface area contributed by atoms with Gasteiger partial charge < -0.3 is 10.4 Å². The maximum atomic E-state index is 11.3. The standard InChI is InChI=1S/C14H19NO2/c1-14(2,3)10-6-9-8-15-5-4-11(9)12(7-10)13(16)17/h6-7,15H,4-5,8H2,1-3H3,(H,16,17). The number of carboxylic acids is 1. The Kier molecular flexibility index (Phi) is 2.96. The van der Waals surface area contributed by atoms with Crippen LogP contribution in [0.2, 0.25) is 0 Å². The first-order valence-corrected chi connectivity index (χ1v) is 6.00. The van der Waals surface area contributed by atoms with Gasteiger partial charge in [0.25, 0.3) is 0 Å².